The number of ether oxygens (including phenoxy) is 2. The smallest absolute Gasteiger partial charge is 0.337 e. The molecule has 0 fully saturated rings. The monoisotopic (exact) mass is 469 g/mol. The Hall–Kier alpha value is -2.88. The molecule has 2 aromatic rings. The molecule has 0 aliphatic carbocycles. The number of thiocarbonyl (C=S) groups is 1. The average molecular weight is 470 g/mol. The highest BCUT2D eigenvalue weighted by molar-refractivity contribution is 7.80. The number of rotatable bonds is 5. The third-order valence-electron chi connectivity index (χ3n) is 3.66. The molecule has 11 heteroatoms. The number of carbonyl (C=O) groups is 3. The van der Waals surface area contributed by atoms with E-state index in [1.165, 1.54) is 50.4 Å². The molecule has 1 atom stereocenters. The van der Waals surface area contributed by atoms with Gasteiger partial charge in [0.15, 0.2) is 11.2 Å². The second-order valence-electron chi connectivity index (χ2n) is 5.80. The standard InChI is InChI=1S/C19H17Cl2N3O5S/c1-10(29-15-8-7-13(20)9-14(15)21)16(25)23-24-19(30)22-17(26)11-3-5-12(6-4-11)18(27)28-2/h3-10H,1-2H3,(H,23,25)(H2,22,24,26,30). The SMILES string of the molecule is COC(=O)c1ccc(C(=O)NC(=S)NNC(=O)C(C)Oc2ccc(Cl)cc2Cl)cc1. The molecule has 0 spiro atoms. The maximum absolute atomic E-state index is 12.2. The second kappa shape index (κ2) is 10.8. The molecule has 30 heavy (non-hydrogen) atoms. The largest absolute Gasteiger partial charge is 0.479 e. The lowest BCUT2D eigenvalue weighted by molar-refractivity contribution is -0.127. The molecule has 158 valence electrons. The minimum absolute atomic E-state index is 0.137. The molecule has 0 heterocycles. The number of hydrazine groups is 1. The number of nitrogens with one attached hydrogen (secondary N) is 3. The third-order valence-corrected chi connectivity index (χ3v) is 4.40. The zero-order valence-corrected chi connectivity index (χ0v) is 18.2. The summed E-state index contributed by atoms with van der Waals surface area (Å²) in [6.45, 7) is 1.51. The van der Waals surface area contributed by atoms with Crippen LogP contribution in [-0.4, -0.2) is 36.1 Å². The molecular formula is C19H17Cl2N3O5S. The van der Waals surface area contributed by atoms with E-state index in [1.54, 1.807) is 6.07 Å². The van der Waals surface area contributed by atoms with Crippen LogP contribution in [-0.2, 0) is 9.53 Å². The summed E-state index contributed by atoms with van der Waals surface area (Å²) in [5, 5.41) is 2.95. The van der Waals surface area contributed by atoms with E-state index in [9.17, 15) is 14.4 Å². The van der Waals surface area contributed by atoms with Gasteiger partial charge in [-0.2, -0.15) is 0 Å². The summed E-state index contributed by atoms with van der Waals surface area (Å²) in [6.07, 6.45) is -0.916. The maximum atomic E-state index is 12.2. The number of hydrogen-bond acceptors (Lipinski definition) is 6. The van der Waals surface area contributed by atoms with Crippen molar-refractivity contribution in [3.8, 4) is 5.75 Å². The quantitative estimate of drug-likeness (QED) is 0.351. The number of hydrogen-bond donors (Lipinski definition) is 3. The van der Waals surface area contributed by atoms with Crippen LogP contribution in [0.5, 0.6) is 5.75 Å². The van der Waals surface area contributed by atoms with Gasteiger partial charge < -0.3 is 9.47 Å². The van der Waals surface area contributed by atoms with Gasteiger partial charge >= 0.3 is 5.97 Å². The maximum Gasteiger partial charge on any atom is 0.337 e. The van der Waals surface area contributed by atoms with Crippen LogP contribution < -0.4 is 20.9 Å². The molecule has 3 N–H and O–H groups in total. The first-order chi connectivity index (χ1) is 14.2. The summed E-state index contributed by atoms with van der Waals surface area (Å²) in [7, 11) is 1.26. The first kappa shape index (κ1) is 23.4. The van der Waals surface area contributed by atoms with Crippen molar-refractivity contribution in [2.75, 3.05) is 7.11 Å². The molecular weight excluding hydrogens is 453 g/mol. The van der Waals surface area contributed by atoms with Crippen LogP contribution in [0.25, 0.3) is 0 Å². The molecule has 0 aliphatic heterocycles. The van der Waals surface area contributed by atoms with Gasteiger partial charge in [-0.25, -0.2) is 4.79 Å². The van der Waals surface area contributed by atoms with Gasteiger partial charge in [0.1, 0.15) is 5.75 Å². The molecule has 2 aromatic carbocycles. The summed E-state index contributed by atoms with van der Waals surface area (Å²) in [4.78, 5) is 35.7. The molecule has 0 aromatic heterocycles. The van der Waals surface area contributed by atoms with Crippen molar-refractivity contribution >= 4 is 58.3 Å². The summed E-state index contributed by atoms with van der Waals surface area (Å²) >= 11 is 16.8. The molecule has 2 rings (SSSR count). The van der Waals surface area contributed by atoms with Gasteiger partial charge in [-0.1, -0.05) is 23.2 Å². The number of esters is 1. The van der Waals surface area contributed by atoms with Crippen LogP contribution >= 0.6 is 35.4 Å². The summed E-state index contributed by atoms with van der Waals surface area (Å²) in [5.74, 6) is -1.32. The lowest BCUT2D eigenvalue weighted by Crippen LogP contribution is -2.51. The van der Waals surface area contributed by atoms with E-state index in [4.69, 9.17) is 40.2 Å². The highest BCUT2D eigenvalue weighted by atomic mass is 35.5. The first-order valence-corrected chi connectivity index (χ1v) is 9.59. The lowest BCUT2D eigenvalue weighted by Gasteiger charge is -2.17. The number of amides is 2. The second-order valence-corrected chi connectivity index (χ2v) is 7.05. The van der Waals surface area contributed by atoms with Crippen LogP contribution in [0.3, 0.4) is 0 Å². The van der Waals surface area contributed by atoms with Crippen molar-refractivity contribution in [3.05, 3.63) is 63.6 Å². The normalized spacial score (nSPS) is 11.1. The fourth-order valence-corrected chi connectivity index (χ4v) is 2.71. The minimum atomic E-state index is -0.916. The Morgan fingerprint density at radius 3 is 2.23 bits per heavy atom. The Balaban J connectivity index is 1.83. The summed E-state index contributed by atoms with van der Waals surface area (Å²) in [6, 6.07) is 10.4. The zero-order valence-electron chi connectivity index (χ0n) is 15.8. The van der Waals surface area contributed by atoms with E-state index in [0.29, 0.717) is 10.6 Å². The number of methoxy groups -OCH3 is 1. The van der Waals surface area contributed by atoms with Crippen molar-refractivity contribution in [3.63, 3.8) is 0 Å². The Morgan fingerprint density at radius 2 is 1.63 bits per heavy atom. The van der Waals surface area contributed by atoms with Gasteiger partial charge in [0.05, 0.1) is 17.7 Å². The fourth-order valence-electron chi connectivity index (χ4n) is 2.12. The van der Waals surface area contributed by atoms with E-state index in [1.807, 2.05) is 0 Å². The fraction of sp³-hybridized carbons (Fsp3) is 0.158. The van der Waals surface area contributed by atoms with E-state index < -0.39 is 23.9 Å². The van der Waals surface area contributed by atoms with Gasteiger partial charge in [0.25, 0.3) is 11.8 Å². The molecule has 2 amide bonds. The molecule has 0 saturated heterocycles. The topological polar surface area (TPSA) is 106 Å². The molecule has 8 nitrogen and oxygen atoms in total. The lowest BCUT2D eigenvalue weighted by atomic mass is 10.1. The van der Waals surface area contributed by atoms with Crippen molar-refractivity contribution in [1.82, 2.24) is 16.2 Å². The van der Waals surface area contributed by atoms with Crippen LogP contribution in [0.15, 0.2) is 42.5 Å². The van der Waals surface area contributed by atoms with Crippen LogP contribution in [0.2, 0.25) is 10.0 Å². The van der Waals surface area contributed by atoms with E-state index in [0.717, 1.165) is 0 Å². The average Bonchev–Trinajstić information content (AvgIpc) is 2.73. The predicted octanol–water partition coefficient (Wildman–Crippen LogP) is 2.88. The van der Waals surface area contributed by atoms with E-state index in [2.05, 4.69) is 20.9 Å². The molecule has 0 aliphatic rings. The van der Waals surface area contributed by atoms with Crippen molar-refractivity contribution in [2.45, 2.75) is 13.0 Å². The van der Waals surface area contributed by atoms with Crippen molar-refractivity contribution in [1.29, 1.82) is 0 Å². The van der Waals surface area contributed by atoms with E-state index in [-0.39, 0.29) is 21.4 Å². The zero-order chi connectivity index (χ0) is 22.3. The highest BCUT2D eigenvalue weighted by Crippen LogP contribution is 2.28. The molecule has 0 saturated carbocycles. The molecule has 1 unspecified atom stereocenters. The van der Waals surface area contributed by atoms with Crippen molar-refractivity contribution < 1.29 is 23.9 Å². The predicted molar refractivity (Wildman–Crippen MR) is 116 cm³/mol. The molecule has 0 bridgehead atoms. The van der Waals surface area contributed by atoms with Gasteiger partial charge in [-0.3, -0.25) is 25.8 Å². The van der Waals surface area contributed by atoms with Crippen molar-refractivity contribution in [2.24, 2.45) is 0 Å². The van der Waals surface area contributed by atoms with Gasteiger partial charge in [-0.15, -0.1) is 0 Å². The summed E-state index contributed by atoms with van der Waals surface area (Å²) in [5.41, 5.74) is 5.28. The van der Waals surface area contributed by atoms with E-state index >= 15 is 0 Å². The number of carbonyl (C=O) groups excluding carboxylic acids is 3. The summed E-state index contributed by atoms with van der Waals surface area (Å²) < 4.78 is 10.1. The van der Waals surface area contributed by atoms with Gasteiger partial charge in [0, 0.05) is 10.6 Å². The van der Waals surface area contributed by atoms with Crippen LogP contribution in [0.1, 0.15) is 27.6 Å². The Labute approximate surface area is 187 Å². The van der Waals surface area contributed by atoms with Gasteiger partial charge in [-0.05, 0) is 61.6 Å². The first-order valence-electron chi connectivity index (χ1n) is 8.42. The van der Waals surface area contributed by atoms with Crippen LogP contribution in [0.4, 0.5) is 0 Å². The number of benzene rings is 2. The Morgan fingerprint density at radius 1 is 1.00 bits per heavy atom. The number of halogens is 2. The Kier molecular flexibility index (Phi) is 8.40. The minimum Gasteiger partial charge on any atom is -0.479 e. The molecule has 0 radical (unpaired) electrons. The van der Waals surface area contributed by atoms with Crippen LogP contribution in [0, 0.1) is 0 Å². The van der Waals surface area contributed by atoms with Gasteiger partial charge in [0.2, 0.25) is 0 Å². The Bertz CT molecular complexity index is 969. The third kappa shape index (κ3) is 6.58. The highest BCUT2D eigenvalue weighted by Gasteiger charge is 2.17.